The molecule has 0 saturated carbocycles. The molecule has 21 heavy (non-hydrogen) atoms. The minimum absolute atomic E-state index is 0.0628. The maximum absolute atomic E-state index is 12.1. The first-order valence-corrected chi connectivity index (χ1v) is 7.11. The van der Waals surface area contributed by atoms with Gasteiger partial charge >= 0.3 is 6.03 Å². The van der Waals surface area contributed by atoms with Gasteiger partial charge in [-0.3, -0.25) is 4.79 Å². The molecule has 0 radical (unpaired) electrons. The highest BCUT2D eigenvalue weighted by atomic mass is 16.3. The van der Waals surface area contributed by atoms with Crippen LogP contribution < -0.4 is 10.6 Å². The Balaban J connectivity index is 2.65. The van der Waals surface area contributed by atoms with E-state index in [1.54, 1.807) is 36.2 Å². The van der Waals surface area contributed by atoms with Gasteiger partial charge in [-0.05, 0) is 30.7 Å². The van der Waals surface area contributed by atoms with Crippen molar-refractivity contribution in [2.75, 3.05) is 32.1 Å². The largest absolute Gasteiger partial charge is 0.395 e. The second-order valence-electron chi connectivity index (χ2n) is 4.65. The Hall–Kier alpha value is -2.08. The Morgan fingerprint density at radius 1 is 1.19 bits per heavy atom. The molecule has 1 rings (SSSR count). The normalized spacial score (nSPS) is 10.0. The second-order valence-corrected chi connectivity index (χ2v) is 4.65. The lowest BCUT2D eigenvalue weighted by Crippen LogP contribution is -2.37. The number of amides is 3. The number of carbonyl (C=O) groups excluding carboxylic acids is 2. The lowest BCUT2D eigenvalue weighted by Gasteiger charge is -2.22. The minimum atomic E-state index is -0.245. The van der Waals surface area contributed by atoms with Crippen LogP contribution >= 0.6 is 0 Å². The molecular weight excluding hydrogens is 270 g/mol. The predicted octanol–water partition coefficient (Wildman–Crippen LogP) is 1.67. The van der Waals surface area contributed by atoms with Crippen LogP contribution in [0.1, 0.15) is 30.1 Å². The van der Waals surface area contributed by atoms with Gasteiger partial charge in [-0.25, -0.2) is 4.79 Å². The minimum Gasteiger partial charge on any atom is -0.395 e. The summed E-state index contributed by atoms with van der Waals surface area (Å²) in [5, 5.41) is 14.3. The molecule has 0 aromatic heterocycles. The van der Waals surface area contributed by atoms with E-state index in [0.717, 1.165) is 12.8 Å². The summed E-state index contributed by atoms with van der Waals surface area (Å²) >= 11 is 0. The smallest absolute Gasteiger partial charge is 0.321 e. The molecule has 0 atom stereocenters. The zero-order valence-electron chi connectivity index (χ0n) is 12.6. The van der Waals surface area contributed by atoms with Gasteiger partial charge in [-0.2, -0.15) is 0 Å². The maximum atomic E-state index is 12.1. The average Bonchev–Trinajstić information content (AvgIpc) is 2.51. The quantitative estimate of drug-likeness (QED) is 0.715. The van der Waals surface area contributed by atoms with Crippen LogP contribution in [0.3, 0.4) is 0 Å². The molecule has 0 saturated heterocycles. The monoisotopic (exact) mass is 293 g/mol. The van der Waals surface area contributed by atoms with Gasteiger partial charge in [0, 0.05) is 31.4 Å². The highest BCUT2D eigenvalue weighted by Crippen LogP contribution is 2.10. The van der Waals surface area contributed by atoms with E-state index in [4.69, 9.17) is 5.11 Å². The third kappa shape index (κ3) is 5.43. The van der Waals surface area contributed by atoms with Crippen LogP contribution in [0.25, 0.3) is 0 Å². The number of anilines is 1. The number of rotatable bonds is 7. The molecule has 0 bridgehead atoms. The summed E-state index contributed by atoms with van der Waals surface area (Å²) in [6, 6.07) is 6.41. The number of unbranched alkanes of at least 4 members (excludes halogenated alkanes) is 1. The van der Waals surface area contributed by atoms with Crippen LogP contribution in [0.5, 0.6) is 0 Å². The van der Waals surface area contributed by atoms with Gasteiger partial charge in [0.25, 0.3) is 5.91 Å². The van der Waals surface area contributed by atoms with E-state index in [1.807, 2.05) is 6.92 Å². The highest BCUT2D eigenvalue weighted by Gasteiger charge is 2.12. The second kappa shape index (κ2) is 8.97. The fraction of sp³-hybridized carbons (Fsp3) is 0.467. The number of nitrogens with one attached hydrogen (secondary N) is 2. The first kappa shape index (κ1) is 17.0. The van der Waals surface area contributed by atoms with Crippen molar-refractivity contribution in [2.24, 2.45) is 0 Å². The summed E-state index contributed by atoms with van der Waals surface area (Å²) in [6.07, 6.45) is 1.87. The van der Waals surface area contributed by atoms with Crippen LogP contribution in [-0.4, -0.2) is 48.7 Å². The van der Waals surface area contributed by atoms with Gasteiger partial charge in [0.05, 0.1) is 6.61 Å². The number of hydrogen-bond donors (Lipinski definition) is 3. The van der Waals surface area contributed by atoms with Crippen molar-refractivity contribution in [1.82, 2.24) is 10.2 Å². The molecule has 0 heterocycles. The van der Waals surface area contributed by atoms with Gasteiger partial charge < -0.3 is 20.6 Å². The highest BCUT2D eigenvalue weighted by molar-refractivity contribution is 5.95. The third-order valence-corrected chi connectivity index (χ3v) is 3.06. The van der Waals surface area contributed by atoms with Crippen molar-refractivity contribution in [3.8, 4) is 0 Å². The van der Waals surface area contributed by atoms with Crippen LogP contribution in [0, 0.1) is 0 Å². The van der Waals surface area contributed by atoms with E-state index in [1.165, 1.54) is 0 Å². The van der Waals surface area contributed by atoms with Crippen molar-refractivity contribution in [3.63, 3.8) is 0 Å². The third-order valence-electron chi connectivity index (χ3n) is 3.06. The Morgan fingerprint density at radius 2 is 1.86 bits per heavy atom. The molecular formula is C15H23N3O3. The number of urea groups is 1. The SMILES string of the molecule is CCCCN(CCO)C(=O)Nc1ccc(C(=O)NC)cc1. The van der Waals surface area contributed by atoms with Crippen LogP contribution in [0.4, 0.5) is 10.5 Å². The molecule has 0 aliphatic rings. The van der Waals surface area contributed by atoms with Crippen LogP contribution in [0.2, 0.25) is 0 Å². The van der Waals surface area contributed by atoms with Crippen molar-refractivity contribution in [2.45, 2.75) is 19.8 Å². The van der Waals surface area contributed by atoms with Crippen molar-refractivity contribution < 1.29 is 14.7 Å². The fourth-order valence-electron chi connectivity index (χ4n) is 1.84. The van der Waals surface area contributed by atoms with Crippen molar-refractivity contribution >= 4 is 17.6 Å². The number of aliphatic hydroxyl groups is 1. The van der Waals surface area contributed by atoms with Crippen LogP contribution in [-0.2, 0) is 0 Å². The molecule has 3 N–H and O–H groups in total. The van der Waals surface area contributed by atoms with Gasteiger partial charge in [-0.15, -0.1) is 0 Å². The summed E-state index contributed by atoms with van der Waals surface area (Å²) in [4.78, 5) is 25.1. The zero-order valence-corrected chi connectivity index (χ0v) is 12.6. The molecule has 6 heteroatoms. The van der Waals surface area contributed by atoms with Gasteiger partial charge in [0.1, 0.15) is 0 Å². The molecule has 3 amide bonds. The molecule has 6 nitrogen and oxygen atoms in total. The molecule has 1 aromatic carbocycles. The summed E-state index contributed by atoms with van der Waals surface area (Å²) in [5.74, 6) is -0.169. The van der Waals surface area contributed by atoms with Crippen LogP contribution in [0.15, 0.2) is 24.3 Å². The average molecular weight is 293 g/mol. The summed E-state index contributed by atoms with van der Waals surface area (Å²) < 4.78 is 0. The number of benzene rings is 1. The topological polar surface area (TPSA) is 81.7 Å². The van der Waals surface area contributed by atoms with E-state index in [9.17, 15) is 9.59 Å². The van der Waals surface area contributed by atoms with Gasteiger partial charge in [0.2, 0.25) is 0 Å². The fourth-order valence-corrected chi connectivity index (χ4v) is 1.84. The summed E-state index contributed by atoms with van der Waals surface area (Å²) in [5.41, 5.74) is 1.15. The molecule has 1 aromatic rings. The molecule has 0 unspecified atom stereocenters. The van der Waals surface area contributed by atoms with Crippen molar-refractivity contribution in [1.29, 1.82) is 0 Å². The Kier molecular flexibility index (Phi) is 7.25. The van der Waals surface area contributed by atoms with Gasteiger partial charge in [0.15, 0.2) is 0 Å². The first-order chi connectivity index (χ1) is 10.1. The molecule has 0 fully saturated rings. The van der Waals surface area contributed by atoms with Crippen molar-refractivity contribution in [3.05, 3.63) is 29.8 Å². The van der Waals surface area contributed by atoms with E-state index in [-0.39, 0.29) is 18.5 Å². The van der Waals surface area contributed by atoms with E-state index in [2.05, 4.69) is 10.6 Å². The molecule has 0 spiro atoms. The van der Waals surface area contributed by atoms with Gasteiger partial charge in [-0.1, -0.05) is 13.3 Å². The lowest BCUT2D eigenvalue weighted by atomic mass is 10.2. The molecule has 116 valence electrons. The molecule has 0 aliphatic carbocycles. The number of nitrogens with zero attached hydrogens (tertiary/aromatic N) is 1. The zero-order chi connectivity index (χ0) is 15.7. The van der Waals surface area contributed by atoms with E-state index < -0.39 is 0 Å². The first-order valence-electron chi connectivity index (χ1n) is 7.11. The Morgan fingerprint density at radius 3 is 2.38 bits per heavy atom. The standard InChI is InChI=1S/C15H23N3O3/c1-3-4-9-18(10-11-19)15(21)17-13-7-5-12(6-8-13)14(20)16-2/h5-8,19H,3-4,9-11H2,1-2H3,(H,16,20)(H,17,21). The maximum Gasteiger partial charge on any atom is 0.321 e. The summed E-state index contributed by atoms with van der Waals surface area (Å²) in [6.45, 7) is 2.90. The molecule has 0 aliphatic heterocycles. The predicted molar refractivity (Wildman–Crippen MR) is 82.4 cm³/mol. The van der Waals surface area contributed by atoms with E-state index >= 15 is 0 Å². The Labute approximate surface area is 125 Å². The number of aliphatic hydroxyl groups excluding tert-OH is 1. The van der Waals surface area contributed by atoms with E-state index in [0.29, 0.717) is 24.3 Å². The Bertz CT molecular complexity index is 460. The number of hydrogen-bond acceptors (Lipinski definition) is 3. The lowest BCUT2D eigenvalue weighted by molar-refractivity contribution is 0.0963. The summed E-state index contributed by atoms with van der Waals surface area (Å²) in [7, 11) is 1.57. The number of carbonyl (C=O) groups is 2.